The molecule has 1 aromatic heterocycles. The number of hydrogen-bond donors (Lipinski definition) is 1. The Kier molecular flexibility index (Phi) is 3.84. The highest BCUT2D eigenvalue weighted by atomic mass is 32.2. The summed E-state index contributed by atoms with van der Waals surface area (Å²) in [4.78, 5) is 25.6. The molecule has 1 N–H and O–H groups in total. The van der Waals surface area contributed by atoms with Crippen molar-refractivity contribution in [2.45, 2.75) is 13.0 Å². The normalized spacial score (nSPS) is 19.6. The molecule has 0 unspecified atom stereocenters. The van der Waals surface area contributed by atoms with Crippen LogP contribution in [-0.4, -0.2) is 32.2 Å². The topological polar surface area (TPSA) is 57.6 Å². The summed E-state index contributed by atoms with van der Waals surface area (Å²) in [6, 6.07) is 2.83. The van der Waals surface area contributed by atoms with Crippen LogP contribution in [-0.2, 0) is 9.59 Å². The Morgan fingerprint density at radius 2 is 2.33 bits per heavy atom. The van der Waals surface area contributed by atoms with Crippen molar-refractivity contribution in [2.75, 3.05) is 0 Å². The molecule has 1 aliphatic rings. The summed E-state index contributed by atoms with van der Waals surface area (Å²) in [5.74, 6) is -1.41. The Morgan fingerprint density at radius 1 is 1.61 bits per heavy atom. The highest BCUT2D eigenvalue weighted by molar-refractivity contribution is 8.26. The Labute approximate surface area is 117 Å². The summed E-state index contributed by atoms with van der Waals surface area (Å²) in [5.41, 5.74) is 0. The third kappa shape index (κ3) is 2.47. The fraction of sp³-hybridized carbons (Fsp3) is 0.182. The predicted molar refractivity (Wildman–Crippen MR) is 76.4 cm³/mol. The largest absolute Gasteiger partial charge is 0.480 e. The van der Waals surface area contributed by atoms with Crippen LogP contribution in [0.25, 0.3) is 6.08 Å². The van der Waals surface area contributed by atoms with E-state index in [-0.39, 0.29) is 10.2 Å². The van der Waals surface area contributed by atoms with Crippen molar-refractivity contribution in [3.8, 4) is 0 Å². The molecule has 2 rings (SSSR count). The minimum atomic E-state index is -1.07. The van der Waals surface area contributed by atoms with Gasteiger partial charge in [0.05, 0.1) is 4.91 Å². The predicted octanol–water partition coefficient (Wildman–Crippen LogP) is 2.42. The lowest BCUT2D eigenvalue weighted by Crippen LogP contribution is -2.41. The quantitative estimate of drug-likeness (QED) is 0.686. The molecule has 1 atom stereocenters. The zero-order chi connectivity index (χ0) is 13.3. The van der Waals surface area contributed by atoms with E-state index in [0.717, 1.165) is 21.5 Å². The van der Waals surface area contributed by atoms with Gasteiger partial charge in [0.25, 0.3) is 5.91 Å². The molecule has 1 aliphatic heterocycles. The summed E-state index contributed by atoms with van der Waals surface area (Å²) >= 11 is 7.70. The lowest BCUT2D eigenvalue weighted by Gasteiger charge is -2.18. The number of carbonyl (C=O) groups is 2. The van der Waals surface area contributed by atoms with Crippen molar-refractivity contribution in [1.82, 2.24) is 4.90 Å². The lowest BCUT2D eigenvalue weighted by molar-refractivity contribution is -0.144. The number of thioether (sulfide) groups is 1. The highest BCUT2D eigenvalue weighted by Crippen LogP contribution is 2.34. The maximum absolute atomic E-state index is 12.1. The van der Waals surface area contributed by atoms with Gasteiger partial charge in [0.2, 0.25) is 0 Å². The van der Waals surface area contributed by atoms with Crippen molar-refractivity contribution < 1.29 is 14.7 Å². The van der Waals surface area contributed by atoms with Gasteiger partial charge in [-0.2, -0.15) is 0 Å². The van der Waals surface area contributed by atoms with Crippen molar-refractivity contribution >= 4 is 57.6 Å². The number of carbonyl (C=O) groups excluding carboxylic acids is 1. The van der Waals surface area contributed by atoms with E-state index in [1.54, 1.807) is 6.08 Å². The monoisotopic (exact) mass is 299 g/mol. The first-order valence-corrected chi connectivity index (χ1v) is 7.14. The minimum Gasteiger partial charge on any atom is -0.480 e. The molecule has 4 nitrogen and oxygen atoms in total. The number of carboxylic acid groups (broad SMARTS) is 1. The molecule has 1 saturated heterocycles. The molecule has 0 aliphatic carbocycles. The first kappa shape index (κ1) is 13.3. The van der Waals surface area contributed by atoms with E-state index in [9.17, 15) is 9.59 Å². The number of aliphatic carboxylic acids is 1. The van der Waals surface area contributed by atoms with Crippen LogP contribution >= 0.6 is 35.3 Å². The van der Waals surface area contributed by atoms with Crippen LogP contribution in [0.1, 0.15) is 11.8 Å². The second kappa shape index (κ2) is 5.21. The van der Waals surface area contributed by atoms with Gasteiger partial charge in [-0.25, -0.2) is 4.79 Å². The van der Waals surface area contributed by atoms with Gasteiger partial charge in [-0.15, -0.1) is 11.3 Å². The van der Waals surface area contributed by atoms with Gasteiger partial charge >= 0.3 is 5.97 Å². The van der Waals surface area contributed by atoms with Crippen LogP contribution in [0, 0.1) is 0 Å². The molecular weight excluding hydrogens is 290 g/mol. The summed E-state index contributed by atoms with van der Waals surface area (Å²) in [6.45, 7) is 1.45. The molecular formula is C11H9NO3S3. The summed E-state index contributed by atoms with van der Waals surface area (Å²) in [6.07, 6.45) is 1.73. The van der Waals surface area contributed by atoms with E-state index in [2.05, 4.69) is 0 Å². The Hall–Kier alpha value is -1.18. The molecule has 94 valence electrons. The maximum Gasteiger partial charge on any atom is 0.326 e. The van der Waals surface area contributed by atoms with Crippen molar-refractivity contribution in [3.05, 3.63) is 27.3 Å². The zero-order valence-corrected chi connectivity index (χ0v) is 11.8. The van der Waals surface area contributed by atoms with Crippen LogP contribution in [0.5, 0.6) is 0 Å². The number of amides is 1. The molecule has 18 heavy (non-hydrogen) atoms. The first-order chi connectivity index (χ1) is 8.50. The van der Waals surface area contributed by atoms with E-state index in [4.69, 9.17) is 17.3 Å². The van der Waals surface area contributed by atoms with Crippen LogP contribution < -0.4 is 0 Å². The summed E-state index contributed by atoms with van der Waals surface area (Å²) < 4.78 is 0.290. The Balaban J connectivity index is 2.27. The fourth-order valence-corrected chi connectivity index (χ4v) is 3.57. The second-order valence-electron chi connectivity index (χ2n) is 3.58. The first-order valence-electron chi connectivity index (χ1n) is 5.04. The minimum absolute atomic E-state index is 0.290. The smallest absolute Gasteiger partial charge is 0.326 e. The zero-order valence-electron chi connectivity index (χ0n) is 9.32. The van der Waals surface area contributed by atoms with Crippen LogP contribution in [0.15, 0.2) is 22.4 Å². The number of rotatable bonds is 3. The fourth-order valence-electron chi connectivity index (χ4n) is 1.43. The molecule has 1 aromatic rings. The third-order valence-corrected chi connectivity index (χ3v) is 4.53. The number of nitrogens with zero attached hydrogens (tertiary/aromatic N) is 1. The summed E-state index contributed by atoms with van der Waals surface area (Å²) in [7, 11) is 0. The average Bonchev–Trinajstić information content (AvgIpc) is 2.88. The van der Waals surface area contributed by atoms with E-state index in [1.165, 1.54) is 18.3 Å². The van der Waals surface area contributed by atoms with Gasteiger partial charge in [-0.3, -0.25) is 9.69 Å². The highest BCUT2D eigenvalue weighted by Gasteiger charge is 2.38. The van der Waals surface area contributed by atoms with Gasteiger partial charge in [0.15, 0.2) is 0 Å². The molecule has 1 amide bonds. The van der Waals surface area contributed by atoms with Crippen LogP contribution in [0.4, 0.5) is 0 Å². The second-order valence-corrected chi connectivity index (χ2v) is 6.24. The Morgan fingerprint density at radius 3 is 2.89 bits per heavy atom. The van der Waals surface area contributed by atoms with Crippen molar-refractivity contribution in [3.63, 3.8) is 0 Å². The average molecular weight is 299 g/mol. The molecule has 1 fully saturated rings. The van der Waals surface area contributed by atoms with E-state index >= 15 is 0 Å². The SMILES string of the molecule is C[C@H](C(=O)O)N1C(=O)C(=Cc2cccs2)SC1=S. The number of thiophene rings is 1. The van der Waals surface area contributed by atoms with Crippen molar-refractivity contribution in [1.29, 1.82) is 0 Å². The standard InChI is InChI=1S/C11H9NO3S3/c1-6(10(14)15)12-9(13)8(18-11(12)16)5-7-3-2-4-17-7/h2-6H,1H3,(H,14,15)/t6-/m1/s1. The molecule has 2 heterocycles. The van der Waals surface area contributed by atoms with Crippen LogP contribution in [0.2, 0.25) is 0 Å². The number of hydrogen-bond acceptors (Lipinski definition) is 5. The van der Waals surface area contributed by atoms with Gasteiger partial charge in [-0.1, -0.05) is 30.0 Å². The van der Waals surface area contributed by atoms with E-state index in [1.807, 2.05) is 17.5 Å². The number of carboxylic acids is 1. The van der Waals surface area contributed by atoms with Crippen LogP contribution in [0.3, 0.4) is 0 Å². The van der Waals surface area contributed by atoms with Crippen molar-refractivity contribution in [2.24, 2.45) is 0 Å². The Bertz CT molecular complexity index is 536. The van der Waals surface area contributed by atoms with E-state index < -0.39 is 12.0 Å². The molecule has 7 heteroatoms. The molecule has 0 saturated carbocycles. The third-order valence-electron chi connectivity index (χ3n) is 2.38. The van der Waals surface area contributed by atoms with Gasteiger partial charge in [-0.05, 0) is 24.4 Å². The maximum atomic E-state index is 12.1. The van der Waals surface area contributed by atoms with Gasteiger partial charge in [0, 0.05) is 4.88 Å². The van der Waals surface area contributed by atoms with E-state index in [0.29, 0.717) is 4.91 Å². The number of thiocarbonyl (C=S) groups is 1. The van der Waals surface area contributed by atoms with Gasteiger partial charge in [0.1, 0.15) is 10.4 Å². The molecule has 0 radical (unpaired) electrons. The molecule has 0 aromatic carbocycles. The molecule has 0 spiro atoms. The summed E-state index contributed by atoms with van der Waals surface area (Å²) in [5, 5.41) is 10.8. The lowest BCUT2D eigenvalue weighted by atomic mass is 10.3. The molecule has 0 bridgehead atoms. The van der Waals surface area contributed by atoms with Gasteiger partial charge < -0.3 is 5.11 Å².